The van der Waals surface area contributed by atoms with E-state index in [2.05, 4.69) is 5.32 Å². The van der Waals surface area contributed by atoms with E-state index >= 15 is 0 Å². The second-order valence-corrected chi connectivity index (χ2v) is 4.84. The average molecular weight is 272 g/mol. The second-order valence-electron chi connectivity index (χ2n) is 4.84. The molecule has 0 aliphatic rings. The maximum Gasteiger partial charge on any atom is 0.240 e. The molecule has 3 N–H and O–H groups in total. The summed E-state index contributed by atoms with van der Waals surface area (Å²) >= 11 is 0. The van der Waals surface area contributed by atoms with E-state index in [0.29, 0.717) is 0 Å². The number of carbonyl (C=O) groups excluding carboxylic acids is 1. The van der Waals surface area contributed by atoms with E-state index in [-0.39, 0.29) is 18.4 Å². The number of benzene rings is 1. The number of primary amides is 1. The van der Waals surface area contributed by atoms with E-state index < -0.39 is 23.1 Å². The zero-order valence-electron chi connectivity index (χ0n) is 11.2. The third-order valence-corrected chi connectivity index (χ3v) is 2.58. The van der Waals surface area contributed by atoms with E-state index in [1.807, 2.05) is 13.8 Å². The minimum absolute atomic E-state index is 0.0153. The van der Waals surface area contributed by atoms with Crippen molar-refractivity contribution in [2.24, 2.45) is 5.73 Å². The first-order valence-electron chi connectivity index (χ1n) is 5.90. The highest BCUT2D eigenvalue weighted by molar-refractivity contribution is 5.84. The van der Waals surface area contributed by atoms with Crippen LogP contribution in [0.5, 0.6) is 5.75 Å². The molecule has 0 aliphatic carbocycles. The summed E-state index contributed by atoms with van der Waals surface area (Å²) in [5.74, 6) is -2.97. The number of carbonyl (C=O) groups is 1. The molecule has 1 unspecified atom stereocenters. The predicted molar refractivity (Wildman–Crippen MR) is 67.7 cm³/mol. The number of halogens is 2. The van der Waals surface area contributed by atoms with Gasteiger partial charge in [-0.15, -0.1) is 0 Å². The Labute approximate surface area is 110 Å². The van der Waals surface area contributed by atoms with Crippen molar-refractivity contribution < 1.29 is 18.3 Å². The fourth-order valence-corrected chi connectivity index (χ4v) is 1.64. The van der Waals surface area contributed by atoms with Gasteiger partial charge in [-0.1, -0.05) is 6.07 Å². The van der Waals surface area contributed by atoms with Crippen LogP contribution < -0.4 is 15.8 Å². The van der Waals surface area contributed by atoms with Gasteiger partial charge in [0.15, 0.2) is 11.6 Å². The summed E-state index contributed by atoms with van der Waals surface area (Å²) in [5.41, 5.74) is 4.14. The van der Waals surface area contributed by atoms with Crippen LogP contribution in [0.15, 0.2) is 18.2 Å². The largest absolute Gasteiger partial charge is 0.488 e. The van der Waals surface area contributed by atoms with Crippen LogP contribution in [0.1, 0.15) is 20.8 Å². The molecule has 1 aromatic carbocycles. The highest BCUT2D eigenvalue weighted by atomic mass is 19.2. The highest BCUT2D eigenvalue weighted by Crippen LogP contribution is 2.20. The third-order valence-electron chi connectivity index (χ3n) is 2.58. The maximum absolute atomic E-state index is 13.4. The van der Waals surface area contributed by atoms with Crippen molar-refractivity contribution in [3.63, 3.8) is 0 Å². The molecular formula is C13H18F2N2O2. The van der Waals surface area contributed by atoms with Gasteiger partial charge < -0.3 is 10.5 Å². The predicted octanol–water partition coefficient (Wildman–Crippen LogP) is 1.59. The number of hydrogen-bond donors (Lipinski definition) is 2. The Kier molecular flexibility index (Phi) is 4.83. The molecule has 0 fully saturated rings. The Morgan fingerprint density at radius 2 is 2.11 bits per heavy atom. The van der Waals surface area contributed by atoms with Crippen LogP contribution in [0.4, 0.5) is 8.78 Å². The highest BCUT2D eigenvalue weighted by Gasteiger charge is 2.33. The molecule has 1 rings (SSSR count). The summed E-state index contributed by atoms with van der Waals surface area (Å²) in [5, 5.41) is 2.94. The Morgan fingerprint density at radius 1 is 1.47 bits per heavy atom. The van der Waals surface area contributed by atoms with E-state index in [0.717, 1.165) is 6.07 Å². The van der Waals surface area contributed by atoms with Crippen LogP contribution in [0.25, 0.3) is 0 Å². The number of hydrogen-bond acceptors (Lipinski definition) is 3. The van der Waals surface area contributed by atoms with Gasteiger partial charge in [-0.2, -0.15) is 4.39 Å². The molecule has 0 spiro atoms. The van der Waals surface area contributed by atoms with Gasteiger partial charge in [0.05, 0.1) is 0 Å². The molecule has 0 aliphatic heterocycles. The number of amides is 1. The molecule has 0 saturated carbocycles. The first-order chi connectivity index (χ1) is 8.76. The van der Waals surface area contributed by atoms with Crippen molar-refractivity contribution in [3.8, 4) is 5.75 Å². The fourth-order valence-electron chi connectivity index (χ4n) is 1.64. The van der Waals surface area contributed by atoms with Crippen LogP contribution in [-0.2, 0) is 4.79 Å². The molecule has 0 heterocycles. The molecule has 6 heteroatoms. The van der Waals surface area contributed by atoms with Gasteiger partial charge in [-0.25, -0.2) is 4.39 Å². The van der Waals surface area contributed by atoms with Crippen molar-refractivity contribution in [2.75, 3.05) is 6.61 Å². The lowest BCUT2D eigenvalue weighted by Gasteiger charge is -2.29. The molecule has 0 aromatic heterocycles. The Balaban J connectivity index is 2.82. The Bertz CT molecular complexity index is 466. The quantitative estimate of drug-likeness (QED) is 0.826. The molecule has 19 heavy (non-hydrogen) atoms. The normalized spacial score (nSPS) is 14.2. The van der Waals surface area contributed by atoms with Gasteiger partial charge in [-0.3, -0.25) is 10.1 Å². The monoisotopic (exact) mass is 272 g/mol. The van der Waals surface area contributed by atoms with E-state index in [1.54, 1.807) is 6.92 Å². The molecule has 0 bridgehead atoms. The van der Waals surface area contributed by atoms with Crippen molar-refractivity contribution >= 4 is 5.91 Å². The Morgan fingerprint density at radius 3 is 2.63 bits per heavy atom. The van der Waals surface area contributed by atoms with Crippen LogP contribution in [-0.4, -0.2) is 24.1 Å². The lowest BCUT2D eigenvalue weighted by atomic mass is 10.0. The van der Waals surface area contributed by atoms with Crippen molar-refractivity contribution in [2.45, 2.75) is 32.4 Å². The number of nitrogens with one attached hydrogen (secondary N) is 1. The fraction of sp³-hybridized carbons (Fsp3) is 0.462. The number of nitrogens with two attached hydrogens (primary N) is 1. The summed E-state index contributed by atoms with van der Waals surface area (Å²) in [6.07, 6.45) is 0. The van der Waals surface area contributed by atoms with Crippen LogP contribution in [0.2, 0.25) is 0 Å². The number of rotatable bonds is 6. The van der Waals surface area contributed by atoms with Crippen LogP contribution in [0.3, 0.4) is 0 Å². The summed E-state index contributed by atoms with van der Waals surface area (Å²) in [6.45, 7) is 5.03. The summed E-state index contributed by atoms with van der Waals surface area (Å²) in [7, 11) is 0. The maximum atomic E-state index is 13.4. The third kappa shape index (κ3) is 3.89. The zero-order chi connectivity index (χ0) is 14.6. The van der Waals surface area contributed by atoms with E-state index in [9.17, 15) is 13.6 Å². The first kappa shape index (κ1) is 15.4. The topological polar surface area (TPSA) is 64.3 Å². The summed E-state index contributed by atoms with van der Waals surface area (Å²) in [4.78, 5) is 11.4. The van der Waals surface area contributed by atoms with Gasteiger partial charge in [0.2, 0.25) is 11.7 Å². The van der Waals surface area contributed by atoms with Crippen molar-refractivity contribution in [3.05, 3.63) is 29.8 Å². The molecule has 0 radical (unpaired) electrons. The zero-order valence-corrected chi connectivity index (χ0v) is 11.2. The smallest absolute Gasteiger partial charge is 0.240 e. The summed E-state index contributed by atoms with van der Waals surface area (Å²) in [6, 6.07) is 3.58. The van der Waals surface area contributed by atoms with Gasteiger partial charge in [-0.05, 0) is 32.9 Å². The number of ether oxygens (including phenoxy) is 1. The minimum Gasteiger partial charge on any atom is -0.488 e. The standard InChI is InChI=1S/C13H18F2N2O2/c1-8(2)17-13(3,12(16)18)7-19-10-6-4-5-9(14)11(10)15/h4-6,8,17H,7H2,1-3H3,(H2,16,18). The molecular weight excluding hydrogens is 254 g/mol. The van der Waals surface area contributed by atoms with Gasteiger partial charge in [0, 0.05) is 6.04 Å². The average Bonchev–Trinajstić information content (AvgIpc) is 2.30. The van der Waals surface area contributed by atoms with Crippen LogP contribution >= 0.6 is 0 Å². The molecule has 4 nitrogen and oxygen atoms in total. The van der Waals surface area contributed by atoms with E-state index in [1.165, 1.54) is 12.1 Å². The Hall–Kier alpha value is -1.69. The van der Waals surface area contributed by atoms with Crippen molar-refractivity contribution in [1.82, 2.24) is 5.32 Å². The SMILES string of the molecule is CC(C)NC(C)(COc1cccc(F)c1F)C(N)=O. The van der Waals surface area contributed by atoms with Gasteiger partial charge >= 0.3 is 0 Å². The second kappa shape index (κ2) is 5.97. The van der Waals surface area contributed by atoms with Gasteiger partial charge in [0.1, 0.15) is 12.1 Å². The summed E-state index contributed by atoms with van der Waals surface area (Å²) < 4.78 is 31.6. The van der Waals surface area contributed by atoms with Crippen LogP contribution in [0, 0.1) is 11.6 Å². The first-order valence-corrected chi connectivity index (χ1v) is 5.90. The molecule has 1 aromatic rings. The molecule has 106 valence electrons. The van der Waals surface area contributed by atoms with Gasteiger partial charge in [0.25, 0.3) is 0 Å². The molecule has 1 atom stereocenters. The minimum atomic E-state index is -1.16. The lowest BCUT2D eigenvalue weighted by molar-refractivity contribution is -0.125. The molecule has 0 saturated heterocycles. The van der Waals surface area contributed by atoms with E-state index in [4.69, 9.17) is 10.5 Å². The lowest BCUT2D eigenvalue weighted by Crippen LogP contribution is -2.59. The molecule has 1 amide bonds. The van der Waals surface area contributed by atoms with Crippen molar-refractivity contribution in [1.29, 1.82) is 0 Å².